The number of rotatable bonds is 6. The number of carbonyl (C=O) groups is 2. The van der Waals surface area contributed by atoms with Crippen molar-refractivity contribution >= 4 is 38.9 Å². The number of sulfonamides is 1. The number of aromatic carboxylic acids is 1. The molecule has 0 fully saturated rings. The van der Waals surface area contributed by atoms with Crippen molar-refractivity contribution in [3.05, 3.63) is 45.4 Å². The molecule has 2 aromatic rings. The number of carboxylic acids is 1. The number of carboxylic acid groups (broad SMARTS) is 1. The fraction of sp³-hybridized carbons (Fsp3) is 0.312. The zero-order chi connectivity index (χ0) is 18.9. The van der Waals surface area contributed by atoms with Crippen molar-refractivity contribution in [3.8, 4) is 0 Å². The van der Waals surface area contributed by atoms with E-state index in [1.807, 2.05) is 0 Å². The molecule has 3 rings (SSSR count). The number of fused-ring (bicyclic) bond motifs is 1. The molecule has 26 heavy (non-hydrogen) atoms. The number of hydrogen-bond donors (Lipinski definition) is 2. The molecular formula is C16H17N3O5S2. The predicted molar refractivity (Wildman–Crippen MR) is 97.4 cm³/mol. The highest BCUT2D eigenvalue weighted by atomic mass is 32.2. The smallest absolute Gasteiger partial charge is 0.355 e. The molecule has 8 nitrogen and oxygen atoms in total. The molecule has 2 N–H and O–H groups in total. The largest absolute Gasteiger partial charge is 0.476 e. The average molecular weight is 395 g/mol. The molecule has 10 heteroatoms. The van der Waals surface area contributed by atoms with Crippen LogP contribution in [0.3, 0.4) is 0 Å². The summed E-state index contributed by atoms with van der Waals surface area (Å²) in [6.07, 6.45) is 2.17. The van der Waals surface area contributed by atoms with E-state index in [9.17, 15) is 18.0 Å². The van der Waals surface area contributed by atoms with Gasteiger partial charge in [0.1, 0.15) is 0 Å². The second-order valence-electron chi connectivity index (χ2n) is 5.87. The lowest BCUT2D eigenvalue weighted by molar-refractivity contribution is 0.0690. The summed E-state index contributed by atoms with van der Waals surface area (Å²) in [5.41, 5.74) is 1.91. The van der Waals surface area contributed by atoms with Gasteiger partial charge >= 0.3 is 5.97 Å². The van der Waals surface area contributed by atoms with Crippen LogP contribution in [0.5, 0.6) is 0 Å². The summed E-state index contributed by atoms with van der Waals surface area (Å²) >= 11 is 1.24. The number of aromatic nitrogens is 1. The van der Waals surface area contributed by atoms with Gasteiger partial charge < -0.3 is 10.4 Å². The SMILES string of the molecule is CS(=O)(=O)N1CCc2cc(C(=O)NCCc3nc(C(=O)O)cs3)ccc21. The van der Waals surface area contributed by atoms with Crippen molar-refractivity contribution in [2.24, 2.45) is 0 Å². The zero-order valence-electron chi connectivity index (χ0n) is 13.9. The molecule has 0 spiro atoms. The summed E-state index contributed by atoms with van der Waals surface area (Å²) < 4.78 is 24.8. The van der Waals surface area contributed by atoms with E-state index in [-0.39, 0.29) is 11.6 Å². The van der Waals surface area contributed by atoms with Gasteiger partial charge in [-0.1, -0.05) is 0 Å². The van der Waals surface area contributed by atoms with Crippen molar-refractivity contribution in [2.45, 2.75) is 12.8 Å². The van der Waals surface area contributed by atoms with Crippen molar-refractivity contribution in [1.29, 1.82) is 0 Å². The van der Waals surface area contributed by atoms with Gasteiger partial charge in [-0.15, -0.1) is 11.3 Å². The third-order valence-corrected chi connectivity index (χ3v) is 6.08. The molecule has 1 aliphatic heterocycles. The van der Waals surface area contributed by atoms with Crippen molar-refractivity contribution < 1.29 is 23.1 Å². The molecule has 0 saturated heterocycles. The van der Waals surface area contributed by atoms with Gasteiger partial charge in [-0.3, -0.25) is 9.10 Å². The maximum absolute atomic E-state index is 12.3. The third kappa shape index (κ3) is 3.86. The van der Waals surface area contributed by atoms with E-state index < -0.39 is 16.0 Å². The summed E-state index contributed by atoms with van der Waals surface area (Å²) in [7, 11) is -3.31. The van der Waals surface area contributed by atoms with E-state index >= 15 is 0 Å². The second kappa shape index (κ2) is 7.04. The predicted octanol–water partition coefficient (Wildman–Crippen LogP) is 1.14. The highest BCUT2D eigenvalue weighted by Gasteiger charge is 2.26. The van der Waals surface area contributed by atoms with E-state index in [0.717, 1.165) is 11.8 Å². The number of thiazole rings is 1. The quantitative estimate of drug-likeness (QED) is 0.757. The Morgan fingerprint density at radius 1 is 1.38 bits per heavy atom. The first-order valence-corrected chi connectivity index (χ1v) is 10.5. The Bertz CT molecular complexity index is 968. The van der Waals surface area contributed by atoms with Crippen LogP contribution in [-0.4, -0.2) is 49.7 Å². The number of carbonyl (C=O) groups excluding carboxylic acids is 1. The minimum absolute atomic E-state index is 0.00498. The average Bonchev–Trinajstić information content (AvgIpc) is 3.20. The van der Waals surface area contributed by atoms with Crippen LogP contribution in [-0.2, 0) is 22.9 Å². The summed E-state index contributed by atoms with van der Waals surface area (Å²) in [6.45, 7) is 0.715. The maximum atomic E-state index is 12.3. The normalized spacial score (nSPS) is 13.5. The molecule has 0 radical (unpaired) electrons. The molecule has 138 valence electrons. The van der Waals surface area contributed by atoms with Gasteiger partial charge in [-0.25, -0.2) is 18.2 Å². The first-order valence-electron chi connectivity index (χ1n) is 7.82. The van der Waals surface area contributed by atoms with Gasteiger partial charge in [-0.2, -0.15) is 0 Å². The standard InChI is InChI=1S/C16H17N3O5S2/c1-26(23,24)19-7-5-10-8-11(2-3-13(10)19)15(20)17-6-4-14-18-12(9-25-14)16(21)22/h2-3,8-9H,4-7H2,1H3,(H,17,20)(H,21,22). The first kappa shape index (κ1) is 18.3. The minimum atomic E-state index is -3.31. The second-order valence-corrected chi connectivity index (χ2v) is 8.72. The Morgan fingerprint density at radius 2 is 2.15 bits per heavy atom. The van der Waals surface area contributed by atoms with Crippen molar-refractivity contribution in [3.63, 3.8) is 0 Å². The molecule has 0 saturated carbocycles. The summed E-state index contributed by atoms with van der Waals surface area (Å²) in [5.74, 6) is -1.33. The number of nitrogens with one attached hydrogen (secondary N) is 1. The van der Waals surface area contributed by atoms with Crippen molar-refractivity contribution in [2.75, 3.05) is 23.7 Å². The van der Waals surface area contributed by atoms with Gasteiger partial charge in [0, 0.05) is 30.5 Å². The van der Waals surface area contributed by atoms with Crippen LogP contribution < -0.4 is 9.62 Å². The number of benzene rings is 1. The Kier molecular flexibility index (Phi) is 4.97. The van der Waals surface area contributed by atoms with Gasteiger partial charge in [0.05, 0.1) is 17.0 Å². The van der Waals surface area contributed by atoms with Crippen LogP contribution in [0.15, 0.2) is 23.6 Å². The molecule has 0 aliphatic carbocycles. The maximum Gasteiger partial charge on any atom is 0.355 e. The van der Waals surface area contributed by atoms with E-state index in [1.54, 1.807) is 18.2 Å². The molecule has 1 amide bonds. The van der Waals surface area contributed by atoms with Crippen LogP contribution in [0.4, 0.5) is 5.69 Å². The molecule has 1 aliphatic rings. The fourth-order valence-corrected chi connectivity index (χ4v) is 4.50. The summed E-state index contributed by atoms with van der Waals surface area (Å²) in [5, 5.41) is 13.7. The third-order valence-electron chi connectivity index (χ3n) is 3.99. The molecule has 1 aromatic heterocycles. The van der Waals surface area contributed by atoms with E-state index in [2.05, 4.69) is 10.3 Å². The summed E-state index contributed by atoms with van der Waals surface area (Å²) in [6, 6.07) is 4.96. The van der Waals surface area contributed by atoms with Crippen LogP contribution in [0, 0.1) is 0 Å². The van der Waals surface area contributed by atoms with Gasteiger partial charge in [-0.05, 0) is 30.2 Å². The van der Waals surface area contributed by atoms with E-state index in [4.69, 9.17) is 5.11 Å². The molecule has 0 atom stereocenters. The van der Waals surface area contributed by atoms with Crippen LogP contribution >= 0.6 is 11.3 Å². The molecular weight excluding hydrogens is 378 g/mol. The van der Waals surface area contributed by atoms with Crippen LogP contribution in [0.1, 0.15) is 31.4 Å². The lowest BCUT2D eigenvalue weighted by Gasteiger charge is -2.16. The Balaban J connectivity index is 1.61. The van der Waals surface area contributed by atoms with E-state index in [0.29, 0.717) is 42.2 Å². The number of nitrogens with zero attached hydrogens (tertiary/aromatic N) is 2. The minimum Gasteiger partial charge on any atom is -0.476 e. The van der Waals surface area contributed by atoms with Gasteiger partial charge in [0.15, 0.2) is 5.69 Å². The van der Waals surface area contributed by atoms with Crippen LogP contribution in [0.25, 0.3) is 0 Å². The Hall–Kier alpha value is -2.46. The Morgan fingerprint density at radius 3 is 2.81 bits per heavy atom. The fourth-order valence-electron chi connectivity index (χ4n) is 2.77. The molecule has 1 aromatic carbocycles. The van der Waals surface area contributed by atoms with Gasteiger partial charge in [0.25, 0.3) is 5.91 Å². The highest BCUT2D eigenvalue weighted by Crippen LogP contribution is 2.30. The number of anilines is 1. The van der Waals surface area contributed by atoms with Gasteiger partial charge in [0.2, 0.25) is 10.0 Å². The number of hydrogen-bond acceptors (Lipinski definition) is 6. The van der Waals surface area contributed by atoms with Crippen molar-refractivity contribution in [1.82, 2.24) is 10.3 Å². The van der Waals surface area contributed by atoms with E-state index in [1.165, 1.54) is 21.0 Å². The van der Waals surface area contributed by atoms with Crippen LogP contribution in [0.2, 0.25) is 0 Å². The monoisotopic (exact) mass is 395 g/mol. The topological polar surface area (TPSA) is 117 Å². The Labute approximate surface area is 154 Å². The summed E-state index contributed by atoms with van der Waals surface area (Å²) in [4.78, 5) is 27.0. The zero-order valence-corrected chi connectivity index (χ0v) is 15.6. The number of amides is 1. The molecule has 0 unspecified atom stereocenters. The highest BCUT2D eigenvalue weighted by molar-refractivity contribution is 7.92. The molecule has 0 bridgehead atoms. The lowest BCUT2D eigenvalue weighted by Crippen LogP contribution is -2.27. The molecule has 2 heterocycles. The first-order chi connectivity index (χ1) is 12.3. The lowest BCUT2D eigenvalue weighted by atomic mass is 10.1.